The van der Waals surface area contributed by atoms with Crippen LogP contribution in [0.5, 0.6) is 0 Å². The van der Waals surface area contributed by atoms with E-state index in [1.54, 1.807) is 6.07 Å². The van der Waals surface area contributed by atoms with Gasteiger partial charge in [-0.25, -0.2) is 0 Å². The maximum absolute atomic E-state index is 5.86. The highest BCUT2D eigenvalue weighted by Crippen LogP contribution is 2.21. The lowest BCUT2D eigenvalue weighted by molar-refractivity contribution is 0.444. The highest BCUT2D eigenvalue weighted by atomic mass is 35.5. The fourth-order valence-electron chi connectivity index (χ4n) is 1.18. The molecule has 0 aliphatic rings. The summed E-state index contributed by atoms with van der Waals surface area (Å²) in [7, 11) is 0. The van der Waals surface area contributed by atoms with Crippen LogP contribution in [-0.4, -0.2) is 6.54 Å². The minimum Gasteiger partial charge on any atom is -0.448 e. The van der Waals surface area contributed by atoms with E-state index in [0.717, 1.165) is 25.0 Å². The number of unbranched alkanes of at least 4 members (excludes halogenated alkanes) is 1. The van der Waals surface area contributed by atoms with Crippen LogP contribution >= 0.6 is 24.0 Å². The maximum Gasteiger partial charge on any atom is 0.193 e. The molecule has 4 N–H and O–H groups in total. The van der Waals surface area contributed by atoms with Gasteiger partial charge in [-0.2, -0.15) is 0 Å². The van der Waals surface area contributed by atoms with E-state index < -0.39 is 0 Å². The first-order valence-corrected chi connectivity index (χ1v) is 4.82. The molecule has 1 rings (SSSR count). The Morgan fingerprint density at radius 2 is 2.07 bits per heavy atom. The third-order valence-corrected chi connectivity index (χ3v) is 2.13. The van der Waals surface area contributed by atoms with Crippen molar-refractivity contribution in [1.82, 2.24) is 0 Å². The Kier molecular flexibility index (Phi) is 7.01. The number of furan rings is 1. The average Bonchev–Trinajstić information content (AvgIpc) is 2.52. The average molecular weight is 239 g/mol. The Bertz CT molecular complexity index is 253. The standard InChI is InChI=1S/C9H15ClN2O.ClH/c10-9-5-4-8(13-9)7(12)3-1-2-6-11;/h4-5,7H,1-3,6,11-12H2;1H/t7-;/m1./s1. The van der Waals surface area contributed by atoms with E-state index in [2.05, 4.69) is 0 Å². The molecular formula is C9H16Cl2N2O. The van der Waals surface area contributed by atoms with Crippen LogP contribution in [0.15, 0.2) is 16.5 Å². The van der Waals surface area contributed by atoms with Gasteiger partial charge in [-0.1, -0.05) is 6.42 Å². The van der Waals surface area contributed by atoms with Gasteiger partial charge >= 0.3 is 0 Å². The Morgan fingerprint density at radius 1 is 1.36 bits per heavy atom. The third kappa shape index (κ3) is 4.33. The van der Waals surface area contributed by atoms with E-state index in [9.17, 15) is 0 Å². The zero-order valence-electron chi connectivity index (χ0n) is 7.91. The van der Waals surface area contributed by atoms with Crippen molar-refractivity contribution in [2.75, 3.05) is 6.54 Å². The largest absolute Gasteiger partial charge is 0.448 e. The molecule has 0 saturated carbocycles. The van der Waals surface area contributed by atoms with Crippen LogP contribution < -0.4 is 11.5 Å². The summed E-state index contributed by atoms with van der Waals surface area (Å²) in [4.78, 5) is 0. The SMILES string of the molecule is Cl.NCCCC[C@@H](N)c1ccc(Cl)o1. The van der Waals surface area contributed by atoms with Crippen LogP contribution in [0, 0.1) is 0 Å². The van der Waals surface area contributed by atoms with Crippen molar-refractivity contribution in [3.63, 3.8) is 0 Å². The molecule has 0 radical (unpaired) electrons. The van der Waals surface area contributed by atoms with Crippen molar-refractivity contribution < 1.29 is 4.42 Å². The van der Waals surface area contributed by atoms with E-state index in [4.69, 9.17) is 27.5 Å². The molecule has 82 valence electrons. The minimum atomic E-state index is -0.0564. The fourth-order valence-corrected chi connectivity index (χ4v) is 1.33. The van der Waals surface area contributed by atoms with Crippen molar-refractivity contribution in [3.8, 4) is 0 Å². The molecule has 1 atom stereocenters. The number of hydrogen-bond donors (Lipinski definition) is 2. The Hall–Kier alpha value is -0.220. The van der Waals surface area contributed by atoms with Gasteiger partial charge in [0.25, 0.3) is 0 Å². The highest BCUT2D eigenvalue weighted by Gasteiger charge is 2.09. The lowest BCUT2D eigenvalue weighted by Crippen LogP contribution is -2.10. The summed E-state index contributed by atoms with van der Waals surface area (Å²) in [5, 5.41) is 0.393. The zero-order chi connectivity index (χ0) is 9.68. The zero-order valence-corrected chi connectivity index (χ0v) is 9.48. The minimum absolute atomic E-state index is 0. The summed E-state index contributed by atoms with van der Waals surface area (Å²) in [6.07, 6.45) is 2.92. The Balaban J connectivity index is 0.00000169. The molecule has 0 aliphatic heterocycles. The molecule has 5 heteroatoms. The molecule has 1 heterocycles. The van der Waals surface area contributed by atoms with Crippen molar-refractivity contribution in [2.45, 2.75) is 25.3 Å². The molecule has 0 amide bonds. The second-order valence-corrected chi connectivity index (χ2v) is 3.41. The molecule has 0 unspecified atom stereocenters. The summed E-state index contributed by atoms with van der Waals surface area (Å²) in [6.45, 7) is 0.714. The summed E-state index contributed by atoms with van der Waals surface area (Å²) in [6, 6.07) is 3.47. The lowest BCUT2D eigenvalue weighted by atomic mass is 10.1. The first-order valence-electron chi connectivity index (χ1n) is 4.45. The number of hydrogen-bond acceptors (Lipinski definition) is 3. The first kappa shape index (κ1) is 13.8. The molecule has 0 aromatic carbocycles. The van der Waals surface area contributed by atoms with Gasteiger partial charge < -0.3 is 15.9 Å². The first-order chi connectivity index (χ1) is 6.24. The quantitative estimate of drug-likeness (QED) is 0.776. The summed E-state index contributed by atoms with van der Waals surface area (Å²) < 4.78 is 5.19. The topological polar surface area (TPSA) is 65.2 Å². The van der Waals surface area contributed by atoms with Gasteiger partial charge in [-0.3, -0.25) is 0 Å². The second-order valence-electron chi connectivity index (χ2n) is 3.03. The van der Waals surface area contributed by atoms with Gasteiger partial charge in [0.15, 0.2) is 5.22 Å². The molecule has 0 spiro atoms. The van der Waals surface area contributed by atoms with Crippen LogP contribution in [0.4, 0.5) is 0 Å². The highest BCUT2D eigenvalue weighted by molar-refractivity contribution is 6.28. The van der Waals surface area contributed by atoms with Crippen molar-refractivity contribution >= 4 is 24.0 Å². The Morgan fingerprint density at radius 3 is 2.57 bits per heavy atom. The van der Waals surface area contributed by atoms with Gasteiger partial charge in [0.2, 0.25) is 0 Å². The van der Waals surface area contributed by atoms with Crippen LogP contribution in [0.25, 0.3) is 0 Å². The summed E-state index contributed by atoms with van der Waals surface area (Å²) >= 11 is 5.62. The normalized spacial score (nSPS) is 12.2. The number of nitrogens with two attached hydrogens (primary N) is 2. The molecule has 3 nitrogen and oxygen atoms in total. The summed E-state index contributed by atoms with van der Waals surface area (Å²) in [5.74, 6) is 0.752. The monoisotopic (exact) mass is 238 g/mol. The van der Waals surface area contributed by atoms with E-state index in [0.29, 0.717) is 11.8 Å². The molecular weight excluding hydrogens is 223 g/mol. The van der Waals surface area contributed by atoms with E-state index in [-0.39, 0.29) is 18.4 Å². The van der Waals surface area contributed by atoms with Gasteiger partial charge in [0.1, 0.15) is 5.76 Å². The Labute approximate surface area is 95.2 Å². The van der Waals surface area contributed by atoms with Gasteiger partial charge in [0, 0.05) is 0 Å². The van der Waals surface area contributed by atoms with E-state index in [1.807, 2.05) is 6.07 Å². The van der Waals surface area contributed by atoms with Crippen LogP contribution in [0.2, 0.25) is 5.22 Å². The molecule has 0 fully saturated rings. The van der Waals surface area contributed by atoms with Crippen molar-refractivity contribution in [1.29, 1.82) is 0 Å². The van der Waals surface area contributed by atoms with Crippen LogP contribution in [0.1, 0.15) is 31.1 Å². The second kappa shape index (κ2) is 7.12. The maximum atomic E-state index is 5.86. The molecule has 0 aliphatic carbocycles. The van der Waals surface area contributed by atoms with Crippen LogP contribution in [0.3, 0.4) is 0 Å². The third-order valence-electron chi connectivity index (χ3n) is 1.93. The predicted molar refractivity (Wildman–Crippen MR) is 60.8 cm³/mol. The molecule has 0 saturated heterocycles. The van der Waals surface area contributed by atoms with Crippen LogP contribution in [-0.2, 0) is 0 Å². The molecule has 1 aromatic heterocycles. The van der Waals surface area contributed by atoms with Gasteiger partial charge in [0.05, 0.1) is 6.04 Å². The van der Waals surface area contributed by atoms with E-state index in [1.165, 1.54) is 0 Å². The smallest absolute Gasteiger partial charge is 0.193 e. The molecule has 14 heavy (non-hydrogen) atoms. The predicted octanol–water partition coefficient (Wildman–Crippen LogP) is 2.48. The van der Waals surface area contributed by atoms with Crippen molar-refractivity contribution in [3.05, 3.63) is 23.1 Å². The van der Waals surface area contributed by atoms with Crippen molar-refractivity contribution in [2.24, 2.45) is 11.5 Å². The lowest BCUT2D eigenvalue weighted by Gasteiger charge is -2.07. The molecule has 0 bridgehead atoms. The summed E-state index contributed by atoms with van der Waals surface area (Å²) in [5.41, 5.74) is 11.2. The van der Waals surface area contributed by atoms with Gasteiger partial charge in [-0.15, -0.1) is 12.4 Å². The molecule has 1 aromatic rings. The van der Waals surface area contributed by atoms with E-state index >= 15 is 0 Å². The number of rotatable bonds is 5. The fraction of sp³-hybridized carbons (Fsp3) is 0.556. The van der Waals surface area contributed by atoms with Gasteiger partial charge in [-0.05, 0) is 43.1 Å². The number of halogens is 2.